The number of unbranched alkanes of at least 4 members (excludes halogenated alkanes) is 5. The predicted octanol–water partition coefficient (Wildman–Crippen LogP) is 5.07. The Morgan fingerprint density at radius 1 is 1.00 bits per heavy atom. The van der Waals surface area contributed by atoms with E-state index >= 15 is 0 Å². The van der Waals surface area contributed by atoms with Crippen molar-refractivity contribution in [2.75, 3.05) is 6.61 Å². The molecule has 0 aromatic heterocycles. The smallest absolute Gasteiger partial charge is 0.119 e. The minimum atomic E-state index is 0.833. The molecule has 0 aliphatic carbocycles. The minimum absolute atomic E-state index is 0.833. The Bertz CT molecular complexity index is 300. The number of rotatable bonds is 9. The molecule has 0 bridgehead atoms. The highest BCUT2D eigenvalue weighted by Gasteiger charge is 1.94. The summed E-state index contributed by atoms with van der Waals surface area (Å²) in [6.45, 7) is 6.81. The molecule has 1 aromatic carbocycles. The van der Waals surface area contributed by atoms with E-state index in [0.717, 1.165) is 24.3 Å². The molecule has 0 radical (unpaired) electrons. The van der Waals surface area contributed by atoms with Gasteiger partial charge in [0.25, 0.3) is 0 Å². The van der Waals surface area contributed by atoms with Crippen LogP contribution in [0, 0.1) is 0 Å². The van der Waals surface area contributed by atoms with Crippen LogP contribution in [-0.2, 0) is 0 Å². The number of benzene rings is 1. The van der Waals surface area contributed by atoms with Gasteiger partial charge in [-0.25, -0.2) is 0 Å². The maximum Gasteiger partial charge on any atom is 0.119 e. The van der Waals surface area contributed by atoms with Gasteiger partial charge in [-0.3, -0.25) is 0 Å². The molecule has 0 spiro atoms. The summed E-state index contributed by atoms with van der Waals surface area (Å²) in [5.74, 6) is 0.962. The molecular formula is C16H24O. The lowest BCUT2D eigenvalue weighted by molar-refractivity contribution is 0.304. The number of ether oxygens (including phenoxy) is 1. The third-order valence-corrected chi connectivity index (χ3v) is 2.88. The standard InChI is InChI=1S/C16H24O/c1-3-5-6-7-8-9-14-17-16-12-10-15(4-2)11-13-16/h4,10-13H,2-3,5-9,14H2,1H3. The quantitative estimate of drug-likeness (QED) is 0.540. The Balaban J connectivity index is 2.07. The van der Waals surface area contributed by atoms with E-state index in [4.69, 9.17) is 4.74 Å². The third kappa shape index (κ3) is 6.15. The average Bonchev–Trinajstić information content (AvgIpc) is 2.38. The fourth-order valence-electron chi connectivity index (χ4n) is 1.77. The Hall–Kier alpha value is -1.24. The number of hydrogen-bond acceptors (Lipinski definition) is 1. The Kier molecular flexibility index (Phi) is 7.20. The summed E-state index contributed by atoms with van der Waals surface area (Å²) in [5.41, 5.74) is 1.14. The Morgan fingerprint density at radius 3 is 2.29 bits per heavy atom. The molecule has 1 nitrogen and oxygen atoms in total. The van der Waals surface area contributed by atoms with E-state index in [1.54, 1.807) is 0 Å². The van der Waals surface area contributed by atoms with Crippen molar-refractivity contribution in [3.05, 3.63) is 36.4 Å². The van der Waals surface area contributed by atoms with Gasteiger partial charge in [0.2, 0.25) is 0 Å². The van der Waals surface area contributed by atoms with E-state index in [1.807, 2.05) is 30.3 Å². The second kappa shape index (κ2) is 8.86. The molecule has 0 N–H and O–H groups in total. The van der Waals surface area contributed by atoms with Crippen molar-refractivity contribution in [3.8, 4) is 5.75 Å². The van der Waals surface area contributed by atoms with Crippen LogP contribution in [0.25, 0.3) is 6.08 Å². The molecule has 0 atom stereocenters. The van der Waals surface area contributed by atoms with Crippen LogP contribution in [0.5, 0.6) is 5.75 Å². The largest absolute Gasteiger partial charge is 0.494 e. The molecular weight excluding hydrogens is 208 g/mol. The minimum Gasteiger partial charge on any atom is -0.494 e. The van der Waals surface area contributed by atoms with Crippen LogP contribution in [0.2, 0.25) is 0 Å². The second-order valence-corrected chi connectivity index (χ2v) is 4.39. The summed E-state index contributed by atoms with van der Waals surface area (Å²) in [4.78, 5) is 0. The maximum atomic E-state index is 5.68. The van der Waals surface area contributed by atoms with Crippen LogP contribution < -0.4 is 4.74 Å². The molecule has 1 heteroatoms. The van der Waals surface area contributed by atoms with Gasteiger partial charge >= 0.3 is 0 Å². The van der Waals surface area contributed by atoms with Crippen LogP contribution in [0.3, 0.4) is 0 Å². The van der Waals surface area contributed by atoms with Crippen LogP contribution in [0.15, 0.2) is 30.8 Å². The van der Waals surface area contributed by atoms with E-state index in [9.17, 15) is 0 Å². The van der Waals surface area contributed by atoms with E-state index in [2.05, 4.69) is 13.5 Å². The molecule has 0 aliphatic rings. The van der Waals surface area contributed by atoms with Gasteiger partial charge in [0.1, 0.15) is 5.75 Å². The van der Waals surface area contributed by atoms with Crippen LogP contribution in [-0.4, -0.2) is 6.61 Å². The van der Waals surface area contributed by atoms with Gasteiger partial charge in [-0.1, -0.05) is 63.8 Å². The van der Waals surface area contributed by atoms with E-state index < -0.39 is 0 Å². The highest BCUT2D eigenvalue weighted by atomic mass is 16.5. The molecule has 0 saturated carbocycles. The van der Waals surface area contributed by atoms with Gasteiger partial charge < -0.3 is 4.74 Å². The van der Waals surface area contributed by atoms with Crippen molar-refractivity contribution in [2.45, 2.75) is 45.4 Å². The van der Waals surface area contributed by atoms with E-state index in [1.165, 1.54) is 32.1 Å². The van der Waals surface area contributed by atoms with Gasteiger partial charge in [-0.2, -0.15) is 0 Å². The topological polar surface area (TPSA) is 9.23 Å². The first kappa shape index (κ1) is 13.8. The molecule has 0 fully saturated rings. The third-order valence-electron chi connectivity index (χ3n) is 2.88. The highest BCUT2D eigenvalue weighted by Crippen LogP contribution is 2.13. The molecule has 0 saturated heterocycles. The van der Waals surface area contributed by atoms with E-state index in [-0.39, 0.29) is 0 Å². The van der Waals surface area contributed by atoms with Gasteiger partial charge in [0, 0.05) is 0 Å². The first-order chi connectivity index (χ1) is 8.36. The Morgan fingerprint density at radius 2 is 1.65 bits per heavy atom. The summed E-state index contributed by atoms with van der Waals surface area (Å²) in [6.07, 6.45) is 9.67. The van der Waals surface area contributed by atoms with Gasteiger partial charge in [0.05, 0.1) is 6.61 Å². The summed E-state index contributed by atoms with van der Waals surface area (Å²) in [6, 6.07) is 8.08. The summed E-state index contributed by atoms with van der Waals surface area (Å²) < 4.78 is 5.68. The van der Waals surface area contributed by atoms with Crippen LogP contribution >= 0.6 is 0 Å². The van der Waals surface area contributed by atoms with Crippen LogP contribution in [0.1, 0.15) is 51.0 Å². The van der Waals surface area contributed by atoms with Crippen LogP contribution in [0.4, 0.5) is 0 Å². The molecule has 0 amide bonds. The lowest BCUT2D eigenvalue weighted by Crippen LogP contribution is -1.97. The second-order valence-electron chi connectivity index (χ2n) is 4.39. The van der Waals surface area contributed by atoms with Crippen molar-refractivity contribution in [2.24, 2.45) is 0 Å². The molecule has 1 aromatic rings. The van der Waals surface area contributed by atoms with Gasteiger partial charge in [-0.15, -0.1) is 0 Å². The number of hydrogen-bond donors (Lipinski definition) is 0. The lowest BCUT2D eigenvalue weighted by atomic mass is 10.1. The molecule has 0 unspecified atom stereocenters. The summed E-state index contributed by atoms with van der Waals surface area (Å²) >= 11 is 0. The normalized spacial score (nSPS) is 10.2. The molecule has 94 valence electrons. The monoisotopic (exact) mass is 232 g/mol. The lowest BCUT2D eigenvalue weighted by Gasteiger charge is -2.06. The zero-order valence-corrected chi connectivity index (χ0v) is 11.0. The average molecular weight is 232 g/mol. The first-order valence-electron chi connectivity index (χ1n) is 6.72. The van der Waals surface area contributed by atoms with Crippen molar-refractivity contribution in [3.63, 3.8) is 0 Å². The van der Waals surface area contributed by atoms with Gasteiger partial charge in [-0.05, 0) is 24.1 Å². The van der Waals surface area contributed by atoms with Crippen molar-refractivity contribution < 1.29 is 4.74 Å². The van der Waals surface area contributed by atoms with Crippen molar-refractivity contribution in [1.29, 1.82) is 0 Å². The zero-order valence-electron chi connectivity index (χ0n) is 11.0. The predicted molar refractivity (Wildman–Crippen MR) is 75.4 cm³/mol. The van der Waals surface area contributed by atoms with Gasteiger partial charge in [0.15, 0.2) is 0 Å². The molecule has 17 heavy (non-hydrogen) atoms. The van der Waals surface area contributed by atoms with Crippen molar-refractivity contribution >= 4 is 6.08 Å². The fraction of sp³-hybridized carbons (Fsp3) is 0.500. The molecule has 1 rings (SSSR count). The zero-order chi connectivity index (χ0) is 12.3. The first-order valence-corrected chi connectivity index (χ1v) is 6.72. The summed E-state index contributed by atoms with van der Waals surface area (Å²) in [7, 11) is 0. The summed E-state index contributed by atoms with van der Waals surface area (Å²) in [5, 5.41) is 0. The van der Waals surface area contributed by atoms with Crippen molar-refractivity contribution in [1.82, 2.24) is 0 Å². The highest BCUT2D eigenvalue weighted by molar-refractivity contribution is 5.48. The maximum absolute atomic E-state index is 5.68. The molecule has 0 aliphatic heterocycles. The fourth-order valence-corrected chi connectivity index (χ4v) is 1.77. The SMILES string of the molecule is C=Cc1ccc(OCCCCCCCC)cc1. The van der Waals surface area contributed by atoms with E-state index in [0.29, 0.717) is 0 Å². The molecule has 0 heterocycles. The Labute approximate surface area is 106 Å².